The van der Waals surface area contributed by atoms with E-state index in [9.17, 15) is 4.79 Å². The summed E-state index contributed by atoms with van der Waals surface area (Å²) >= 11 is 0. The molecule has 6 heteroatoms. The minimum atomic E-state index is -0.423. The van der Waals surface area contributed by atoms with Crippen molar-refractivity contribution in [1.29, 1.82) is 0 Å². The number of anilines is 1. The van der Waals surface area contributed by atoms with Crippen molar-refractivity contribution in [2.75, 3.05) is 18.0 Å². The van der Waals surface area contributed by atoms with E-state index >= 15 is 0 Å². The van der Waals surface area contributed by atoms with E-state index in [4.69, 9.17) is 4.74 Å². The number of nitrogens with zero attached hydrogens (tertiary/aromatic N) is 3. The Kier molecular flexibility index (Phi) is 2.16. The Morgan fingerprint density at radius 1 is 1.53 bits per heavy atom. The number of cyclic esters (lactones) is 1. The number of fused-ring (bicyclic) bond motifs is 1. The lowest BCUT2D eigenvalue weighted by Gasteiger charge is -2.19. The van der Waals surface area contributed by atoms with Gasteiger partial charge in [-0.25, -0.2) is 4.79 Å². The van der Waals surface area contributed by atoms with Crippen LogP contribution in [0.5, 0.6) is 0 Å². The summed E-state index contributed by atoms with van der Waals surface area (Å²) in [5, 5.41) is 7.60. The molecule has 0 spiro atoms. The smallest absolute Gasteiger partial charge is 0.415 e. The third-order valence-corrected chi connectivity index (χ3v) is 3.13. The SMILES string of the molecule is CC1(C)CN(c2cnn3c2CNCC3)C(=O)O1. The number of aromatic nitrogens is 2. The summed E-state index contributed by atoms with van der Waals surface area (Å²) in [6.07, 6.45) is 1.47. The maximum atomic E-state index is 11.8. The van der Waals surface area contributed by atoms with E-state index < -0.39 is 5.60 Å². The molecule has 0 aliphatic carbocycles. The Hall–Kier alpha value is -1.56. The molecule has 1 fully saturated rings. The largest absolute Gasteiger partial charge is 0.441 e. The summed E-state index contributed by atoms with van der Waals surface area (Å²) < 4.78 is 7.25. The molecule has 0 unspecified atom stereocenters. The van der Waals surface area contributed by atoms with Gasteiger partial charge < -0.3 is 10.1 Å². The number of hydrogen-bond donors (Lipinski definition) is 1. The fourth-order valence-electron chi connectivity index (χ4n) is 2.35. The lowest BCUT2D eigenvalue weighted by molar-refractivity contribution is 0.0871. The zero-order valence-electron chi connectivity index (χ0n) is 10.1. The molecule has 1 saturated heterocycles. The van der Waals surface area contributed by atoms with Gasteiger partial charge in [0.25, 0.3) is 0 Å². The number of rotatable bonds is 1. The monoisotopic (exact) mass is 236 g/mol. The van der Waals surface area contributed by atoms with E-state index in [0.29, 0.717) is 6.54 Å². The minimum Gasteiger partial charge on any atom is -0.441 e. The molecule has 2 aliphatic rings. The standard InChI is InChI=1S/C11H16N4O2/c1-11(2)7-14(10(16)17-11)8-6-13-15-4-3-12-5-9(8)15/h6,12H,3-5,7H2,1-2H3. The van der Waals surface area contributed by atoms with E-state index in [1.165, 1.54) is 0 Å². The van der Waals surface area contributed by atoms with E-state index in [2.05, 4.69) is 10.4 Å². The van der Waals surface area contributed by atoms with Gasteiger partial charge in [-0.1, -0.05) is 0 Å². The first-order valence-electron chi connectivity index (χ1n) is 5.83. The van der Waals surface area contributed by atoms with E-state index in [1.807, 2.05) is 18.5 Å². The molecule has 1 aromatic rings. The summed E-state index contributed by atoms with van der Waals surface area (Å²) in [7, 11) is 0. The van der Waals surface area contributed by atoms with Crippen LogP contribution in [0.25, 0.3) is 0 Å². The molecule has 1 aromatic heterocycles. The molecule has 92 valence electrons. The van der Waals surface area contributed by atoms with Gasteiger partial charge in [-0.05, 0) is 13.8 Å². The zero-order valence-corrected chi connectivity index (χ0v) is 10.1. The van der Waals surface area contributed by atoms with Gasteiger partial charge in [-0.3, -0.25) is 9.58 Å². The van der Waals surface area contributed by atoms with Crippen molar-refractivity contribution in [3.05, 3.63) is 11.9 Å². The molecule has 3 rings (SSSR count). The van der Waals surface area contributed by atoms with Crippen LogP contribution in [-0.2, 0) is 17.8 Å². The van der Waals surface area contributed by atoms with Crippen LogP contribution in [-0.4, -0.2) is 34.6 Å². The van der Waals surface area contributed by atoms with Crippen LogP contribution in [0.1, 0.15) is 19.5 Å². The summed E-state index contributed by atoms with van der Waals surface area (Å²) in [5.41, 5.74) is 1.51. The third-order valence-electron chi connectivity index (χ3n) is 3.13. The van der Waals surface area contributed by atoms with Gasteiger partial charge in [-0.15, -0.1) is 0 Å². The average Bonchev–Trinajstić information content (AvgIpc) is 2.79. The molecule has 1 N–H and O–H groups in total. The molecule has 0 aromatic carbocycles. The summed E-state index contributed by atoms with van der Waals surface area (Å²) in [4.78, 5) is 13.5. The van der Waals surface area contributed by atoms with Crippen LogP contribution in [0.4, 0.5) is 10.5 Å². The quantitative estimate of drug-likeness (QED) is 0.780. The summed E-state index contributed by atoms with van der Waals surface area (Å²) in [6, 6.07) is 0. The van der Waals surface area contributed by atoms with Gasteiger partial charge in [0.2, 0.25) is 0 Å². The predicted octanol–water partition coefficient (Wildman–Crippen LogP) is 0.721. The van der Waals surface area contributed by atoms with Crippen molar-refractivity contribution in [3.63, 3.8) is 0 Å². The zero-order chi connectivity index (χ0) is 12.0. The fraction of sp³-hybridized carbons (Fsp3) is 0.636. The van der Waals surface area contributed by atoms with Crippen molar-refractivity contribution >= 4 is 11.8 Å². The predicted molar refractivity (Wildman–Crippen MR) is 61.8 cm³/mol. The van der Waals surface area contributed by atoms with Gasteiger partial charge in [-0.2, -0.15) is 5.10 Å². The van der Waals surface area contributed by atoms with Crippen LogP contribution in [0, 0.1) is 0 Å². The molecule has 2 aliphatic heterocycles. The second-order valence-corrected chi connectivity index (χ2v) is 5.09. The van der Waals surface area contributed by atoms with Crippen LogP contribution in [0.15, 0.2) is 6.20 Å². The number of carbonyl (C=O) groups is 1. The van der Waals surface area contributed by atoms with Crippen molar-refractivity contribution in [2.24, 2.45) is 0 Å². The number of hydrogen-bond acceptors (Lipinski definition) is 4. The number of amides is 1. The lowest BCUT2D eigenvalue weighted by Crippen LogP contribution is -2.32. The Morgan fingerprint density at radius 2 is 2.35 bits per heavy atom. The van der Waals surface area contributed by atoms with Crippen molar-refractivity contribution < 1.29 is 9.53 Å². The highest BCUT2D eigenvalue weighted by Crippen LogP contribution is 2.30. The van der Waals surface area contributed by atoms with Gasteiger partial charge >= 0.3 is 6.09 Å². The van der Waals surface area contributed by atoms with E-state index in [1.54, 1.807) is 11.1 Å². The van der Waals surface area contributed by atoms with Crippen molar-refractivity contribution in [1.82, 2.24) is 15.1 Å². The number of ether oxygens (including phenoxy) is 1. The first kappa shape index (κ1) is 10.6. The third kappa shape index (κ3) is 1.68. The van der Waals surface area contributed by atoms with Crippen molar-refractivity contribution in [3.8, 4) is 0 Å². The molecule has 0 radical (unpaired) electrons. The average molecular weight is 236 g/mol. The van der Waals surface area contributed by atoms with Crippen LogP contribution in [0.2, 0.25) is 0 Å². The number of carbonyl (C=O) groups excluding carboxylic acids is 1. The van der Waals surface area contributed by atoms with Gasteiger partial charge in [0.1, 0.15) is 5.60 Å². The van der Waals surface area contributed by atoms with E-state index in [0.717, 1.165) is 31.0 Å². The summed E-state index contributed by atoms with van der Waals surface area (Å²) in [6.45, 7) is 6.92. The minimum absolute atomic E-state index is 0.281. The fourth-order valence-corrected chi connectivity index (χ4v) is 2.35. The Morgan fingerprint density at radius 3 is 3.06 bits per heavy atom. The molecular weight excluding hydrogens is 220 g/mol. The van der Waals surface area contributed by atoms with Crippen LogP contribution in [0.3, 0.4) is 0 Å². The Labute approximate surface area is 99.5 Å². The molecule has 0 saturated carbocycles. The maximum absolute atomic E-state index is 11.8. The molecular formula is C11H16N4O2. The highest BCUT2D eigenvalue weighted by Gasteiger charge is 2.40. The first-order chi connectivity index (χ1) is 8.07. The van der Waals surface area contributed by atoms with Crippen LogP contribution < -0.4 is 10.2 Å². The van der Waals surface area contributed by atoms with Gasteiger partial charge in [0.15, 0.2) is 0 Å². The topological polar surface area (TPSA) is 59.4 Å². The van der Waals surface area contributed by atoms with Gasteiger partial charge in [0, 0.05) is 13.1 Å². The highest BCUT2D eigenvalue weighted by molar-refractivity contribution is 5.90. The Bertz CT molecular complexity index is 466. The second-order valence-electron chi connectivity index (χ2n) is 5.09. The molecule has 3 heterocycles. The van der Waals surface area contributed by atoms with Crippen molar-refractivity contribution in [2.45, 2.75) is 32.5 Å². The second kappa shape index (κ2) is 3.46. The molecule has 0 bridgehead atoms. The van der Waals surface area contributed by atoms with E-state index in [-0.39, 0.29) is 6.09 Å². The number of nitrogens with one attached hydrogen (secondary N) is 1. The van der Waals surface area contributed by atoms with Crippen LogP contribution >= 0.6 is 0 Å². The molecule has 17 heavy (non-hydrogen) atoms. The van der Waals surface area contributed by atoms with Gasteiger partial charge in [0.05, 0.1) is 30.7 Å². The Balaban J connectivity index is 1.95. The normalized spacial score (nSPS) is 22.5. The first-order valence-corrected chi connectivity index (χ1v) is 5.83. The highest BCUT2D eigenvalue weighted by atomic mass is 16.6. The molecule has 1 amide bonds. The maximum Gasteiger partial charge on any atom is 0.415 e. The lowest BCUT2D eigenvalue weighted by atomic mass is 10.1. The molecule has 0 atom stereocenters. The molecule has 6 nitrogen and oxygen atoms in total. The summed E-state index contributed by atoms with van der Waals surface area (Å²) in [5.74, 6) is 0.